The fraction of sp³-hybridized carbons (Fsp3) is 0.345. The Morgan fingerprint density at radius 1 is 0.974 bits per heavy atom. The van der Waals surface area contributed by atoms with Crippen molar-refractivity contribution in [2.45, 2.75) is 26.8 Å². The van der Waals surface area contributed by atoms with Crippen molar-refractivity contribution in [2.24, 2.45) is 0 Å². The van der Waals surface area contributed by atoms with Gasteiger partial charge in [-0.1, -0.05) is 48.0 Å². The number of benzene rings is 2. The van der Waals surface area contributed by atoms with Gasteiger partial charge in [0, 0.05) is 44.0 Å². The first-order valence-electron chi connectivity index (χ1n) is 12.8. The number of urea groups is 1. The van der Waals surface area contributed by atoms with Crippen molar-refractivity contribution in [3.63, 3.8) is 0 Å². The first-order valence-corrected chi connectivity index (χ1v) is 12.8. The molecule has 1 N–H and O–H groups in total. The lowest BCUT2D eigenvalue weighted by molar-refractivity contribution is 0.0378. The third kappa shape index (κ3) is 6.58. The Labute approximate surface area is 228 Å². The van der Waals surface area contributed by atoms with E-state index in [1.165, 1.54) is 7.11 Å². The molecule has 1 unspecified atom stereocenters. The van der Waals surface area contributed by atoms with Crippen molar-refractivity contribution in [1.82, 2.24) is 19.8 Å². The molecule has 39 heavy (non-hydrogen) atoms. The minimum absolute atomic E-state index is 0.0199. The number of piperazine rings is 1. The van der Waals surface area contributed by atoms with Crippen molar-refractivity contribution in [3.8, 4) is 11.4 Å². The number of nitrogens with one attached hydrogen (secondary N) is 1. The van der Waals surface area contributed by atoms with E-state index in [0.717, 1.165) is 11.1 Å². The zero-order valence-corrected chi connectivity index (χ0v) is 22.6. The molecule has 1 fully saturated rings. The molecule has 0 bridgehead atoms. The van der Waals surface area contributed by atoms with E-state index in [1.54, 1.807) is 16.7 Å². The number of ether oxygens (including phenoxy) is 2. The van der Waals surface area contributed by atoms with Crippen LogP contribution in [-0.4, -0.2) is 83.7 Å². The first-order chi connectivity index (χ1) is 18.8. The van der Waals surface area contributed by atoms with Crippen LogP contribution < -0.4 is 5.32 Å². The molecule has 0 aliphatic carbocycles. The van der Waals surface area contributed by atoms with Crippen LogP contribution in [0.15, 0.2) is 54.6 Å². The van der Waals surface area contributed by atoms with Crippen LogP contribution >= 0.6 is 0 Å². The topological polar surface area (TPSA) is 114 Å². The molecule has 1 aliphatic heterocycles. The molecule has 0 saturated carbocycles. The van der Waals surface area contributed by atoms with Gasteiger partial charge in [0.05, 0.1) is 12.3 Å². The minimum Gasteiger partial charge on any atom is -0.460 e. The zero-order valence-electron chi connectivity index (χ0n) is 22.6. The first kappa shape index (κ1) is 27.7. The van der Waals surface area contributed by atoms with Crippen molar-refractivity contribution in [3.05, 3.63) is 77.1 Å². The second-order valence-electron chi connectivity index (χ2n) is 9.44. The normalized spacial score (nSPS) is 15.1. The highest BCUT2D eigenvalue weighted by Crippen LogP contribution is 2.23. The molecule has 1 aromatic heterocycles. The van der Waals surface area contributed by atoms with Gasteiger partial charge >= 0.3 is 12.0 Å². The average molecular weight is 532 g/mol. The molecular formula is C29H33N5O5. The van der Waals surface area contributed by atoms with Crippen molar-refractivity contribution in [1.29, 1.82) is 0 Å². The lowest BCUT2D eigenvalue weighted by Crippen LogP contribution is -2.56. The van der Waals surface area contributed by atoms with Crippen molar-refractivity contribution >= 4 is 23.6 Å². The molecule has 10 nitrogen and oxygen atoms in total. The Hall–Kier alpha value is -4.31. The zero-order chi connectivity index (χ0) is 27.9. The van der Waals surface area contributed by atoms with Gasteiger partial charge in [0.2, 0.25) is 0 Å². The van der Waals surface area contributed by atoms with E-state index < -0.39 is 11.9 Å². The van der Waals surface area contributed by atoms with Crippen LogP contribution in [-0.2, 0) is 9.47 Å². The number of esters is 1. The summed E-state index contributed by atoms with van der Waals surface area (Å²) in [6.07, 6.45) is 0. The summed E-state index contributed by atoms with van der Waals surface area (Å²) in [6, 6.07) is 16.3. The van der Waals surface area contributed by atoms with E-state index in [0.29, 0.717) is 23.8 Å². The van der Waals surface area contributed by atoms with Gasteiger partial charge in [-0.25, -0.2) is 19.6 Å². The van der Waals surface area contributed by atoms with E-state index in [-0.39, 0.29) is 49.6 Å². The Morgan fingerprint density at radius 3 is 2.36 bits per heavy atom. The van der Waals surface area contributed by atoms with E-state index in [4.69, 9.17) is 9.47 Å². The lowest BCUT2D eigenvalue weighted by atomic mass is 10.1. The van der Waals surface area contributed by atoms with Crippen LogP contribution in [0.1, 0.15) is 39.0 Å². The summed E-state index contributed by atoms with van der Waals surface area (Å²) < 4.78 is 10.3. The highest BCUT2D eigenvalue weighted by atomic mass is 16.6. The Bertz CT molecular complexity index is 1330. The summed E-state index contributed by atoms with van der Waals surface area (Å²) in [5.41, 5.74) is 2.89. The third-order valence-corrected chi connectivity index (χ3v) is 6.53. The van der Waals surface area contributed by atoms with E-state index >= 15 is 0 Å². The van der Waals surface area contributed by atoms with E-state index in [9.17, 15) is 14.4 Å². The average Bonchev–Trinajstić information content (AvgIpc) is 2.93. The van der Waals surface area contributed by atoms with Gasteiger partial charge in [0.15, 0.2) is 5.82 Å². The number of hydrogen-bond donors (Lipinski definition) is 1. The maximum atomic E-state index is 13.8. The predicted octanol–water partition coefficient (Wildman–Crippen LogP) is 3.94. The van der Waals surface area contributed by atoms with E-state index in [2.05, 4.69) is 15.3 Å². The number of anilines is 1. The lowest BCUT2D eigenvalue weighted by Gasteiger charge is -2.39. The summed E-state index contributed by atoms with van der Waals surface area (Å²) in [5.74, 6) is -0.757. The highest BCUT2D eigenvalue weighted by Gasteiger charge is 2.34. The molecule has 1 aliphatic rings. The highest BCUT2D eigenvalue weighted by molar-refractivity contribution is 6.05. The van der Waals surface area contributed by atoms with Gasteiger partial charge in [-0.2, -0.15) is 0 Å². The van der Waals surface area contributed by atoms with Crippen LogP contribution in [0.4, 0.5) is 10.5 Å². The predicted molar refractivity (Wildman–Crippen MR) is 147 cm³/mol. The number of aryl methyl sites for hydroxylation is 2. The Kier molecular flexibility index (Phi) is 8.88. The number of hydrogen-bond acceptors (Lipinski definition) is 7. The van der Waals surface area contributed by atoms with Gasteiger partial charge in [-0.15, -0.1) is 0 Å². The van der Waals surface area contributed by atoms with Gasteiger partial charge < -0.3 is 24.6 Å². The molecule has 1 saturated heterocycles. The molecule has 10 heteroatoms. The molecule has 0 spiro atoms. The summed E-state index contributed by atoms with van der Waals surface area (Å²) in [5, 5.41) is 2.92. The van der Waals surface area contributed by atoms with Gasteiger partial charge in [0.25, 0.3) is 5.91 Å². The summed E-state index contributed by atoms with van der Waals surface area (Å²) in [6.45, 7) is 6.68. The van der Waals surface area contributed by atoms with Gasteiger partial charge in [-0.05, 0) is 32.9 Å². The molecule has 1 atom stereocenters. The van der Waals surface area contributed by atoms with Gasteiger partial charge in [0.1, 0.15) is 17.9 Å². The van der Waals surface area contributed by atoms with Crippen LogP contribution in [0.2, 0.25) is 0 Å². The Morgan fingerprint density at radius 2 is 1.69 bits per heavy atom. The number of methoxy groups -OCH3 is 1. The van der Waals surface area contributed by atoms with Crippen LogP contribution in [0, 0.1) is 13.8 Å². The number of carbonyl (C=O) groups is 3. The summed E-state index contributed by atoms with van der Waals surface area (Å²) in [7, 11) is 1.51. The summed E-state index contributed by atoms with van der Waals surface area (Å²) >= 11 is 0. The number of nitrogens with zero attached hydrogens (tertiary/aromatic N) is 4. The molecule has 3 aromatic rings. The maximum absolute atomic E-state index is 13.8. The fourth-order valence-electron chi connectivity index (χ4n) is 4.40. The molecule has 2 heterocycles. The molecule has 0 radical (unpaired) electrons. The maximum Gasteiger partial charge on any atom is 0.342 e. The number of carbonyl (C=O) groups excluding carboxylic acids is 3. The van der Waals surface area contributed by atoms with E-state index in [1.807, 2.05) is 68.4 Å². The molecule has 4 rings (SSSR count). The van der Waals surface area contributed by atoms with Crippen molar-refractivity contribution in [2.75, 3.05) is 45.3 Å². The smallest absolute Gasteiger partial charge is 0.342 e. The van der Waals surface area contributed by atoms with Crippen LogP contribution in [0.25, 0.3) is 11.4 Å². The SMILES string of the molecule is COCCOC(=O)c1c(C)nc(-c2ccccc2)nc1C(=O)N1CCN(C(=O)Nc2ccc(C)cc2)C(C)C1. The number of rotatable bonds is 7. The number of amides is 3. The summed E-state index contributed by atoms with van der Waals surface area (Å²) in [4.78, 5) is 52.1. The number of aromatic nitrogens is 2. The molecule has 3 amide bonds. The molecular weight excluding hydrogens is 498 g/mol. The third-order valence-electron chi connectivity index (χ3n) is 6.53. The fourth-order valence-corrected chi connectivity index (χ4v) is 4.40. The van der Waals surface area contributed by atoms with Crippen LogP contribution in [0.3, 0.4) is 0 Å². The second-order valence-corrected chi connectivity index (χ2v) is 9.44. The standard InChI is InChI=1S/C29H33N5O5/c1-19-10-12-23(13-11-19)31-29(37)34-15-14-33(18-20(34)2)27(35)25-24(28(36)39-17-16-38-4)21(3)30-26(32-25)22-8-6-5-7-9-22/h5-13,20H,14-18H2,1-4H3,(H,31,37). The second kappa shape index (κ2) is 12.5. The minimum atomic E-state index is -0.684. The molecule has 204 valence electrons. The monoisotopic (exact) mass is 531 g/mol. The van der Waals surface area contributed by atoms with Gasteiger partial charge in [-0.3, -0.25) is 4.79 Å². The largest absolute Gasteiger partial charge is 0.460 e. The quantitative estimate of drug-likeness (QED) is 0.363. The van der Waals surface area contributed by atoms with Crippen LogP contribution in [0.5, 0.6) is 0 Å². The van der Waals surface area contributed by atoms with Crippen molar-refractivity contribution < 1.29 is 23.9 Å². The molecule has 2 aromatic carbocycles. The Balaban J connectivity index is 1.56.